The summed E-state index contributed by atoms with van der Waals surface area (Å²) in [5, 5.41) is 8.06. The van der Waals surface area contributed by atoms with Gasteiger partial charge in [0.15, 0.2) is 5.65 Å². The van der Waals surface area contributed by atoms with Crippen LogP contribution in [-0.4, -0.2) is 35.4 Å². The second kappa shape index (κ2) is 9.02. The minimum Gasteiger partial charge on any atom is -0.384 e. The third-order valence-electron chi connectivity index (χ3n) is 5.76. The Hall–Kier alpha value is -4.35. The Morgan fingerprint density at radius 3 is 2.22 bits per heavy atom. The molecule has 0 radical (unpaired) electrons. The first-order valence-corrected chi connectivity index (χ1v) is 12.5. The largest absolute Gasteiger partial charge is 0.384 e. The lowest BCUT2D eigenvalue weighted by Gasteiger charge is -2.09. The van der Waals surface area contributed by atoms with Crippen LogP contribution in [0, 0.1) is 5.82 Å². The summed E-state index contributed by atoms with van der Waals surface area (Å²) >= 11 is 0. The van der Waals surface area contributed by atoms with Gasteiger partial charge >= 0.3 is 0 Å². The number of amides is 1. The molecule has 1 amide bonds. The Morgan fingerprint density at radius 1 is 0.944 bits per heavy atom. The van der Waals surface area contributed by atoms with Crippen LogP contribution in [0.4, 0.5) is 10.2 Å². The van der Waals surface area contributed by atoms with Crippen molar-refractivity contribution in [2.24, 2.45) is 5.14 Å². The van der Waals surface area contributed by atoms with Gasteiger partial charge in [0.05, 0.1) is 15.9 Å². The maximum Gasteiger partial charge on any atom is 0.257 e. The van der Waals surface area contributed by atoms with E-state index in [2.05, 4.69) is 15.3 Å². The van der Waals surface area contributed by atoms with Crippen LogP contribution in [0.2, 0.25) is 0 Å². The van der Waals surface area contributed by atoms with Crippen molar-refractivity contribution in [3.8, 4) is 5.69 Å². The van der Waals surface area contributed by atoms with E-state index < -0.39 is 15.9 Å². The number of fused-ring (bicyclic) bond motifs is 2. The number of nitrogen functional groups attached to an aromatic ring is 1. The second-order valence-electron chi connectivity index (χ2n) is 8.15. The number of anilines is 1. The Kier molecular flexibility index (Phi) is 5.86. The van der Waals surface area contributed by atoms with E-state index in [0.29, 0.717) is 40.9 Å². The highest BCUT2D eigenvalue weighted by Crippen LogP contribution is 2.31. The molecular weight excluding hydrogens is 483 g/mol. The van der Waals surface area contributed by atoms with Gasteiger partial charge in [-0.2, -0.15) is 0 Å². The smallest absolute Gasteiger partial charge is 0.257 e. The minimum atomic E-state index is -3.88. The Bertz CT molecular complexity index is 1720. The quantitative estimate of drug-likeness (QED) is 0.324. The number of sulfonamides is 1. The summed E-state index contributed by atoms with van der Waals surface area (Å²) in [5.74, 6) is -0.668. The van der Waals surface area contributed by atoms with Crippen LogP contribution in [0.25, 0.3) is 27.9 Å². The molecule has 2 aromatic heterocycles. The molecule has 0 bridgehead atoms. The Labute approximate surface area is 205 Å². The Balaban J connectivity index is 1.57. The zero-order valence-corrected chi connectivity index (χ0v) is 19.7. The van der Waals surface area contributed by atoms with Gasteiger partial charge in [-0.15, -0.1) is 0 Å². The fourth-order valence-corrected chi connectivity index (χ4v) is 4.51. The maximum atomic E-state index is 13.3. The van der Waals surface area contributed by atoms with Crippen LogP contribution in [0.3, 0.4) is 0 Å². The van der Waals surface area contributed by atoms with Gasteiger partial charge in [0.1, 0.15) is 22.7 Å². The standard InChI is InChI=1S/C25H21FN6O3S/c26-16-7-5-15(6-8-16)13-14-29-25(33)21-22-24(31-20-4-2-1-3-19(20)30-22)32(23(21)27)17-9-11-18(12-10-17)36(28,34)35/h1-12H,13-14,27H2,(H,29,33)(H2,28,34,35). The van der Waals surface area contributed by atoms with Gasteiger partial charge in [-0.05, 0) is 60.5 Å². The molecule has 0 saturated heterocycles. The molecule has 0 aliphatic rings. The fourth-order valence-electron chi connectivity index (χ4n) is 3.99. The number of para-hydroxylation sites is 2. The van der Waals surface area contributed by atoms with E-state index in [9.17, 15) is 17.6 Å². The minimum absolute atomic E-state index is 0.0587. The van der Waals surface area contributed by atoms with Crippen LogP contribution >= 0.6 is 0 Å². The zero-order valence-electron chi connectivity index (χ0n) is 18.8. The molecular formula is C25H21FN6O3S. The predicted octanol–water partition coefficient (Wildman–Crippen LogP) is 2.91. The first-order chi connectivity index (χ1) is 17.2. The molecule has 0 aliphatic carbocycles. The molecule has 0 unspecified atom stereocenters. The van der Waals surface area contributed by atoms with Crippen LogP contribution in [0.5, 0.6) is 0 Å². The van der Waals surface area contributed by atoms with E-state index in [1.165, 1.54) is 36.4 Å². The molecule has 3 aromatic carbocycles. The highest BCUT2D eigenvalue weighted by atomic mass is 32.2. The highest BCUT2D eigenvalue weighted by Gasteiger charge is 2.25. The Morgan fingerprint density at radius 2 is 1.58 bits per heavy atom. The molecule has 0 aliphatic heterocycles. The third-order valence-corrected chi connectivity index (χ3v) is 6.69. The van der Waals surface area contributed by atoms with Gasteiger partial charge in [0.25, 0.3) is 5.91 Å². The van der Waals surface area contributed by atoms with E-state index in [-0.39, 0.29) is 22.1 Å². The number of nitrogens with zero attached hydrogens (tertiary/aromatic N) is 3. The van der Waals surface area contributed by atoms with Crippen LogP contribution < -0.4 is 16.2 Å². The fraction of sp³-hybridized carbons (Fsp3) is 0.0800. The number of nitrogens with two attached hydrogens (primary N) is 2. The molecule has 0 fully saturated rings. The average molecular weight is 505 g/mol. The van der Waals surface area contributed by atoms with Crippen LogP contribution in [-0.2, 0) is 16.4 Å². The number of halogens is 1. The van der Waals surface area contributed by atoms with E-state index in [1.54, 1.807) is 28.8 Å². The first-order valence-electron chi connectivity index (χ1n) is 10.9. The van der Waals surface area contributed by atoms with Gasteiger partial charge in [-0.25, -0.2) is 27.9 Å². The maximum absolute atomic E-state index is 13.3. The predicted molar refractivity (Wildman–Crippen MR) is 135 cm³/mol. The lowest BCUT2D eigenvalue weighted by molar-refractivity contribution is 0.0956. The van der Waals surface area contributed by atoms with Crippen molar-refractivity contribution in [3.05, 3.63) is 89.7 Å². The van der Waals surface area contributed by atoms with Crippen molar-refractivity contribution in [3.63, 3.8) is 0 Å². The summed E-state index contributed by atoms with van der Waals surface area (Å²) in [6, 6.07) is 19.0. The van der Waals surface area contributed by atoms with Crippen molar-refractivity contribution in [2.45, 2.75) is 11.3 Å². The molecule has 2 heterocycles. The van der Waals surface area contributed by atoms with Crippen molar-refractivity contribution in [1.29, 1.82) is 0 Å². The lowest BCUT2D eigenvalue weighted by Crippen LogP contribution is -2.26. The first kappa shape index (κ1) is 23.4. The summed E-state index contributed by atoms with van der Waals surface area (Å²) in [7, 11) is -3.88. The number of hydrogen-bond donors (Lipinski definition) is 3. The van der Waals surface area contributed by atoms with E-state index in [4.69, 9.17) is 10.9 Å². The molecule has 9 nitrogen and oxygen atoms in total. The van der Waals surface area contributed by atoms with Crippen LogP contribution in [0.15, 0.2) is 77.7 Å². The summed E-state index contributed by atoms with van der Waals surface area (Å²) in [4.78, 5) is 22.5. The molecule has 5 N–H and O–H groups in total. The average Bonchev–Trinajstić information content (AvgIpc) is 3.14. The number of carbonyl (C=O) groups excluding carboxylic acids is 1. The molecule has 5 aromatic rings. The number of primary sulfonamides is 1. The summed E-state index contributed by atoms with van der Waals surface area (Å²) < 4.78 is 38.0. The molecule has 11 heteroatoms. The number of hydrogen-bond acceptors (Lipinski definition) is 6. The highest BCUT2D eigenvalue weighted by molar-refractivity contribution is 7.89. The number of aromatic nitrogens is 3. The van der Waals surface area contributed by atoms with Gasteiger partial charge in [0.2, 0.25) is 10.0 Å². The molecule has 36 heavy (non-hydrogen) atoms. The molecule has 0 atom stereocenters. The second-order valence-corrected chi connectivity index (χ2v) is 9.71. The van der Waals surface area contributed by atoms with Gasteiger partial charge in [-0.3, -0.25) is 9.36 Å². The number of benzene rings is 3. The van der Waals surface area contributed by atoms with Gasteiger partial charge in [0, 0.05) is 12.2 Å². The van der Waals surface area contributed by atoms with Crippen molar-refractivity contribution < 1.29 is 17.6 Å². The summed E-state index contributed by atoms with van der Waals surface area (Å²) in [5.41, 5.74) is 9.82. The van der Waals surface area contributed by atoms with E-state index in [0.717, 1.165) is 5.56 Å². The number of carbonyl (C=O) groups is 1. The number of rotatable bonds is 6. The van der Waals surface area contributed by atoms with Crippen molar-refractivity contribution in [2.75, 3.05) is 12.3 Å². The van der Waals surface area contributed by atoms with Crippen LogP contribution in [0.1, 0.15) is 15.9 Å². The summed E-state index contributed by atoms with van der Waals surface area (Å²) in [6.07, 6.45) is 0.494. The SMILES string of the molecule is Nc1c(C(=O)NCCc2ccc(F)cc2)c2nc3ccccc3nc2n1-c1ccc(S(N)(=O)=O)cc1. The number of nitrogens with one attached hydrogen (secondary N) is 1. The van der Waals surface area contributed by atoms with Gasteiger partial charge in [-0.1, -0.05) is 24.3 Å². The van der Waals surface area contributed by atoms with E-state index in [1.807, 2.05) is 12.1 Å². The van der Waals surface area contributed by atoms with Gasteiger partial charge < -0.3 is 11.1 Å². The van der Waals surface area contributed by atoms with Crippen molar-refractivity contribution in [1.82, 2.24) is 19.9 Å². The topological polar surface area (TPSA) is 146 Å². The summed E-state index contributed by atoms with van der Waals surface area (Å²) in [6.45, 7) is 0.292. The molecule has 0 spiro atoms. The monoisotopic (exact) mass is 504 g/mol. The lowest BCUT2D eigenvalue weighted by atomic mass is 10.1. The van der Waals surface area contributed by atoms with E-state index >= 15 is 0 Å². The normalized spacial score (nSPS) is 11.7. The molecule has 182 valence electrons. The molecule has 5 rings (SSSR count). The molecule has 0 saturated carbocycles. The van der Waals surface area contributed by atoms with Crippen molar-refractivity contribution >= 4 is 43.9 Å². The third kappa shape index (κ3) is 4.37. The zero-order chi connectivity index (χ0) is 25.4.